The van der Waals surface area contributed by atoms with Crippen molar-refractivity contribution in [1.29, 1.82) is 0 Å². The Bertz CT molecular complexity index is 1600. The van der Waals surface area contributed by atoms with Gasteiger partial charge in [0.25, 0.3) is 5.56 Å². The lowest BCUT2D eigenvalue weighted by atomic mass is 9.88. The molecule has 1 saturated heterocycles. The number of aromatic nitrogens is 5. The molecule has 0 radical (unpaired) electrons. The molecule has 1 aliphatic heterocycles. The van der Waals surface area contributed by atoms with Crippen LogP contribution in [0.25, 0.3) is 11.3 Å². The van der Waals surface area contributed by atoms with E-state index < -0.39 is 108 Å². The van der Waals surface area contributed by atoms with Crippen LogP contribution in [-0.4, -0.2) is 101 Å². The molecule has 0 spiro atoms. The summed E-state index contributed by atoms with van der Waals surface area (Å²) >= 11 is 0. The first kappa shape index (κ1) is 39.0. The molecule has 1 aliphatic rings. The molecule has 27 heteroatoms. The third-order valence-electron chi connectivity index (χ3n) is 6.92. The minimum Gasteiger partial charge on any atom is -0.394 e. The van der Waals surface area contributed by atoms with Crippen molar-refractivity contribution in [3.8, 4) is 11.3 Å². The van der Waals surface area contributed by atoms with E-state index in [0.717, 1.165) is 0 Å². The SMILES string of the molecule is O=c1[nH]c(=O)n([C@H]2C[C@H](O)[C@@H](CO)O2)cc1-c1cn(CCC(F)(F)C(F)(F)C(F)(F)C(F)(F)C(F)(F)C(F)(F)C(F)(F)C(F)(F)F)nn1. The maximum Gasteiger partial charge on any atom is 0.460 e. The Morgan fingerprint density at radius 3 is 1.77 bits per heavy atom. The third kappa shape index (κ3) is 5.79. The summed E-state index contributed by atoms with van der Waals surface area (Å²) in [6.45, 7) is -2.53. The zero-order valence-corrected chi connectivity index (χ0v) is 22.5. The fourth-order valence-electron chi connectivity index (χ4n) is 4.07. The normalized spacial score (nSPS) is 20.9. The average molecular weight is 741 g/mol. The average Bonchev–Trinajstić information content (AvgIpc) is 3.57. The zero-order chi connectivity index (χ0) is 37.3. The van der Waals surface area contributed by atoms with Gasteiger partial charge in [0, 0.05) is 25.6 Å². The van der Waals surface area contributed by atoms with Crippen molar-refractivity contribution >= 4 is 0 Å². The fourth-order valence-corrected chi connectivity index (χ4v) is 4.07. The number of hydrogen-bond acceptors (Lipinski definition) is 7. The van der Waals surface area contributed by atoms with E-state index in [1.165, 1.54) is 0 Å². The maximum absolute atomic E-state index is 14.2. The Kier molecular flexibility index (Phi) is 9.60. The molecular weight excluding hydrogens is 725 g/mol. The van der Waals surface area contributed by atoms with Gasteiger partial charge in [0.2, 0.25) is 0 Å². The molecule has 0 unspecified atom stereocenters. The number of aliphatic hydroxyl groups excluding tert-OH is 2. The van der Waals surface area contributed by atoms with Crippen molar-refractivity contribution in [2.24, 2.45) is 0 Å². The van der Waals surface area contributed by atoms with E-state index in [2.05, 4.69) is 10.3 Å². The summed E-state index contributed by atoms with van der Waals surface area (Å²) in [5.41, 5.74) is -3.83. The number of halogens is 17. The smallest absolute Gasteiger partial charge is 0.394 e. The largest absolute Gasteiger partial charge is 0.460 e. The van der Waals surface area contributed by atoms with Crippen molar-refractivity contribution < 1.29 is 89.6 Å². The van der Waals surface area contributed by atoms with Gasteiger partial charge in [-0.1, -0.05) is 5.21 Å². The minimum absolute atomic E-state index is 0.0226. The molecule has 274 valence electrons. The van der Waals surface area contributed by atoms with Crippen LogP contribution in [0.4, 0.5) is 74.6 Å². The van der Waals surface area contributed by atoms with Crippen molar-refractivity contribution in [3.63, 3.8) is 0 Å². The first-order chi connectivity index (χ1) is 21.4. The summed E-state index contributed by atoms with van der Waals surface area (Å²) in [7, 11) is 0. The topological polar surface area (TPSA) is 135 Å². The Morgan fingerprint density at radius 2 is 1.29 bits per heavy atom. The molecule has 2 aromatic heterocycles. The second kappa shape index (κ2) is 11.8. The first-order valence-corrected chi connectivity index (χ1v) is 12.3. The molecule has 3 heterocycles. The quantitative estimate of drug-likeness (QED) is 0.282. The Balaban J connectivity index is 1.89. The molecular formula is C21H16F17N5O5. The third-order valence-corrected chi connectivity index (χ3v) is 6.92. The van der Waals surface area contributed by atoms with Crippen LogP contribution in [0.3, 0.4) is 0 Å². The number of rotatable bonds is 12. The van der Waals surface area contributed by atoms with Crippen LogP contribution >= 0.6 is 0 Å². The van der Waals surface area contributed by atoms with Gasteiger partial charge in [-0.2, -0.15) is 74.6 Å². The zero-order valence-electron chi connectivity index (χ0n) is 22.5. The number of nitrogens with zero attached hydrogens (tertiary/aromatic N) is 4. The summed E-state index contributed by atoms with van der Waals surface area (Å²) < 4.78 is 235. The second-order valence-electron chi connectivity index (χ2n) is 10.1. The van der Waals surface area contributed by atoms with Gasteiger partial charge >= 0.3 is 53.3 Å². The highest BCUT2D eigenvalue weighted by Crippen LogP contribution is 2.64. The summed E-state index contributed by atoms with van der Waals surface area (Å²) in [5, 5.41) is 25.3. The van der Waals surface area contributed by atoms with Crippen molar-refractivity contribution in [1.82, 2.24) is 24.5 Å². The monoisotopic (exact) mass is 741 g/mol. The number of ether oxygens (including phenoxy) is 1. The predicted molar refractivity (Wildman–Crippen MR) is 117 cm³/mol. The van der Waals surface area contributed by atoms with Crippen LogP contribution in [0, 0.1) is 0 Å². The van der Waals surface area contributed by atoms with Crippen molar-refractivity contribution in [2.75, 3.05) is 6.61 Å². The number of aliphatic hydroxyl groups is 2. The lowest BCUT2D eigenvalue weighted by Crippen LogP contribution is -2.74. The highest BCUT2D eigenvalue weighted by molar-refractivity contribution is 5.54. The van der Waals surface area contributed by atoms with Gasteiger partial charge in [0.15, 0.2) is 0 Å². The number of aryl methyl sites for hydroxylation is 1. The lowest BCUT2D eigenvalue weighted by molar-refractivity contribution is -0.461. The lowest BCUT2D eigenvalue weighted by Gasteiger charge is -2.42. The molecule has 0 saturated carbocycles. The Labute approximate surface area is 251 Å². The van der Waals surface area contributed by atoms with Gasteiger partial charge in [-0.15, -0.1) is 5.10 Å². The number of nitrogens with one attached hydrogen (secondary N) is 1. The van der Waals surface area contributed by atoms with Crippen LogP contribution in [-0.2, 0) is 11.3 Å². The van der Waals surface area contributed by atoms with Gasteiger partial charge in [-0.05, 0) is 0 Å². The second-order valence-corrected chi connectivity index (χ2v) is 10.1. The molecule has 10 nitrogen and oxygen atoms in total. The van der Waals surface area contributed by atoms with E-state index in [1.807, 2.05) is 0 Å². The minimum atomic E-state index is -8.74. The van der Waals surface area contributed by atoms with E-state index in [9.17, 15) is 89.3 Å². The number of aromatic amines is 1. The fraction of sp³-hybridized carbons (Fsp3) is 0.714. The van der Waals surface area contributed by atoms with Gasteiger partial charge in [-0.25, -0.2) is 4.79 Å². The Hall–Kier alpha value is -3.49. The van der Waals surface area contributed by atoms with Gasteiger partial charge in [0.05, 0.1) is 24.5 Å². The summed E-state index contributed by atoms with van der Waals surface area (Å²) in [5.74, 6) is -57.3. The number of H-pyrrole nitrogens is 1. The summed E-state index contributed by atoms with van der Waals surface area (Å²) in [6, 6.07) is 0. The van der Waals surface area contributed by atoms with Crippen molar-refractivity contribution in [2.45, 2.75) is 85.5 Å². The van der Waals surface area contributed by atoms with Gasteiger partial charge < -0.3 is 14.9 Å². The van der Waals surface area contributed by atoms with Crippen LogP contribution in [0.1, 0.15) is 19.1 Å². The van der Waals surface area contributed by atoms with Crippen molar-refractivity contribution in [3.05, 3.63) is 33.2 Å². The molecule has 3 N–H and O–H groups in total. The molecule has 3 atom stereocenters. The van der Waals surface area contributed by atoms with E-state index in [0.29, 0.717) is 17.0 Å². The molecule has 0 amide bonds. The number of alkyl halides is 17. The van der Waals surface area contributed by atoms with Crippen LogP contribution < -0.4 is 11.2 Å². The van der Waals surface area contributed by atoms with Crippen LogP contribution in [0.15, 0.2) is 22.0 Å². The van der Waals surface area contributed by atoms with E-state index >= 15 is 0 Å². The molecule has 48 heavy (non-hydrogen) atoms. The summed E-state index contributed by atoms with van der Waals surface area (Å²) in [4.78, 5) is 26.2. The molecule has 0 aromatic carbocycles. The van der Waals surface area contributed by atoms with E-state index in [1.54, 1.807) is 4.98 Å². The number of hydrogen-bond donors (Lipinski definition) is 3. The van der Waals surface area contributed by atoms with Gasteiger partial charge in [-0.3, -0.25) is 19.0 Å². The predicted octanol–water partition coefficient (Wildman–Crippen LogP) is 3.84. The van der Waals surface area contributed by atoms with E-state index in [-0.39, 0.29) is 11.1 Å². The standard InChI is InChI=1S/C21H16F17N5O5/c22-14(23,15(24,25)16(26,27)17(28,29)18(30,31)19(32,33)20(34,35)21(36,37)38)1-2-42-5-8(40-41-42)7-4-43(13(47)39-12(7)46)11-3-9(45)10(6-44)48-11/h4-5,9-11,44-45H,1-3,6H2,(H,39,46,47)/t9-,10+,11+/m0/s1. The highest BCUT2D eigenvalue weighted by atomic mass is 19.4. The highest BCUT2D eigenvalue weighted by Gasteiger charge is 2.95. The van der Waals surface area contributed by atoms with Crippen LogP contribution in [0.5, 0.6) is 0 Å². The van der Waals surface area contributed by atoms with Crippen LogP contribution in [0.2, 0.25) is 0 Å². The molecule has 3 rings (SSSR count). The van der Waals surface area contributed by atoms with Gasteiger partial charge in [0.1, 0.15) is 18.0 Å². The molecule has 0 aliphatic carbocycles. The molecule has 1 fully saturated rings. The maximum atomic E-state index is 14.2. The molecule has 0 bridgehead atoms. The summed E-state index contributed by atoms with van der Waals surface area (Å²) in [6.07, 6.45) is -13.7. The Morgan fingerprint density at radius 1 is 0.792 bits per heavy atom. The molecule has 2 aromatic rings. The first-order valence-electron chi connectivity index (χ1n) is 12.3. The van der Waals surface area contributed by atoms with E-state index in [4.69, 9.17) is 9.84 Å².